The molecule has 1 saturated heterocycles. The number of fused-ring (bicyclic) bond motifs is 1. The van der Waals surface area contributed by atoms with Gasteiger partial charge in [-0.15, -0.1) is 15.3 Å². The van der Waals surface area contributed by atoms with Gasteiger partial charge in [0.05, 0.1) is 5.69 Å². The van der Waals surface area contributed by atoms with Crippen LogP contribution in [-0.2, 0) is 17.8 Å². The van der Waals surface area contributed by atoms with Crippen LogP contribution in [0.1, 0.15) is 34.8 Å². The van der Waals surface area contributed by atoms with Crippen molar-refractivity contribution in [1.82, 2.24) is 39.4 Å². The van der Waals surface area contributed by atoms with E-state index in [2.05, 4.69) is 25.3 Å². The third-order valence-corrected chi connectivity index (χ3v) is 6.77. The summed E-state index contributed by atoms with van der Waals surface area (Å²) in [7, 11) is 0. The van der Waals surface area contributed by atoms with Crippen molar-refractivity contribution in [3.05, 3.63) is 70.3 Å². The Morgan fingerprint density at radius 2 is 1.72 bits per heavy atom. The number of hydrogen-bond donors (Lipinski definition) is 0. The van der Waals surface area contributed by atoms with Crippen LogP contribution >= 0.6 is 0 Å². The first kappa shape index (κ1) is 24.0. The molecule has 0 spiro atoms. The first-order chi connectivity index (χ1) is 17.3. The molecule has 4 heterocycles. The normalized spacial score (nSPS) is 14.6. The SMILES string of the molecule is Cc1nn(-c2ccc3nnc(C)n3n2)c(C)c1CCC(=O)N1CCN(Cc2ccc(F)c(F)c2)CC1. The highest BCUT2D eigenvalue weighted by atomic mass is 19.2. The zero-order valence-electron chi connectivity index (χ0n) is 20.6. The molecule has 1 amide bonds. The zero-order chi connectivity index (χ0) is 25.4. The maximum absolute atomic E-state index is 13.5. The van der Waals surface area contributed by atoms with Gasteiger partial charge in [-0.3, -0.25) is 9.69 Å². The monoisotopic (exact) mass is 494 g/mol. The van der Waals surface area contributed by atoms with Crippen LogP contribution < -0.4 is 0 Å². The molecular formula is C25H28F2N8O. The van der Waals surface area contributed by atoms with E-state index in [1.54, 1.807) is 15.3 Å². The molecular weight excluding hydrogens is 466 g/mol. The number of amides is 1. The van der Waals surface area contributed by atoms with Crippen molar-refractivity contribution < 1.29 is 13.6 Å². The van der Waals surface area contributed by atoms with Gasteiger partial charge in [-0.05, 0) is 62.6 Å². The predicted molar refractivity (Wildman–Crippen MR) is 129 cm³/mol. The fraction of sp³-hybridized carbons (Fsp3) is 0.400. The third-order valence-electron chi connectivity index (χ3n) is 6.77. The lowest BCUT2D eigenvalue weighted by Crippen LogP contribution is -2.48. The maximum Gasteiger partial charge on any atom is 0.222 e. The number of piperazine rings is 1. The van der Waals surface area contributed by atoms with Crippen LogP contribution in [0.2, 0.25) is 0 Å². The summed E-state index contributed by atoms with van der Waals surface area (Å²) in [5.41, 5.74) is 4.27. The Morgan fingerprint density at radius 1 is 0.944 bits per heavy atom. The van der Waals surface area contributed by atoms with Crippen LogP contribution in [0, 0.1) is 32.4 Å². The number of carbonyl (C=O) groups is 1. The Kier molecular flexibility index (Phi) is 6.48. The van der Waals surface area contributed by atoms with Gasteiger partial charge >= 0.3 is 0 Å². The number of aromatic nitrogens is 6. The smallest absolute Gasteiger partial charge is 0.222 e. The van der Waals surface area contributed by atoms with Gasteiger partial charge in [-0.1, -0.05) is 6.07 Å². The second-order valence-electron chi connectivity index (χ2n) is 9.18. The number of hydrogen-bond acceptors (Lipinski definition) is 6. The molecule has 0 radical (unpaired) electrons. The van der Waals surface area contributed by atoms with Gasteiger partial charge in [-0.25, -0.2) is 13.5 Å². The first-order valence-corrected chi connectivity index (χ1v) is 12.0. The van der Waals surface area contributed by atoms with Crippen LogP contribution in [-0.4, -0.2) is 71.5 Å². The van der Waals surface area contributed by atoms with Gasteiger partial charge in [0.15, 0.2) is 28.9 Å². The molecule has 0 N–H and O–H groups in total. The molecule has 36 heavy (non-hydrogen) atoms. The van der Waals surface area contributed by atoms with Crippen molar-refractivity contribution in [3.63, 3.8) is 0 Å². The highest BCUT2D eigenvalue weighted by molar-refractivity contribution is 5.76. The highest BCUT2D eigenvalue weighted by Gasteiger charge is 2.23. The van der Waals surface area contributed by atoms with Gasteiger partial charge in [-0.2, -0.15) is 9.61 Å². The molecule has 3 aromatic heterocycles. The van der Waals surface area contributed by atoms with Gasteiger partial charge in [0.1, 0.15) is 0 Å². The molecule has 1 aliphatic rings. The van der Waals surface area contributed by atoms with Crippen LogP contribution in [0.5, 0.6) is 0 Å². The number of carbonyl (C=O) groups excluding carboxylic acids is 1. The Labute approximate surface area is 207 Å². The molecule has 0 atom stereocenters. The molecule has 1 aliphatic heterocycles. The Hall–Kier alpha value is -3.73. The standard InChI is InChI=1S/C25H28F2N8O/c1-16-20(17(2)34(30-16)24-8-7-23-29-28-18(3)35(23)31-24)5-9-25(36)33-12-10-32(11-13-33)15-19-4-6-21(26)22(27)14-19/h4,6-8,14H,5,9-13,15H2,1-3H3. The van der Waals surface area contributed by atoms with E-state index in [1.807, 2.05) is 37.8 Å². The van der Waals surface area contributed by atoms with E-state index in [-0.39, 0.29) is 5.91 Å². The lowest BCUT2D eigenvalue weighted by molar-refractivity contribution is -0.133. The largest absolute Gasteiger partial charge is 0.340 e. The minimum atomic E-state index is -0.840. The summed E-state index contributed by atoms with van der Waals surface area (Å²) in [4.78, 5) is 17.0. The summed E-state index contributed by atoms with van der Waals surface area (Å²) in [5.74, 6) is -0.202. The fourth-order valence-electron chi connectivity index (χ4n) is 4.70. The molecule has 11 heteroatoms. The summed E-state index contributed by atoms with van der Waals surface area (Å²) < 4.78 is 30.1. The van der Waals surface area contributed by atoms with Crippen molar-refractivity contribution in [3.8, 4) is 5.82 Å². The summed E-state index contributed by atoms with van der Waals surface area (Å²) in [6.45, 7) is 8.92. The van der Waals surface area contributed by atoms with Crippen LogP contribution in [0.25, 0.3) is 11.5 Å². The van der Waals surface area contributed by atoms with Gasteiger partial charge in [0.2, 0.25) is 5.91 Å². The quantitative estimate of drug-likeness (QED) is 0.410. The Morgan fingerprint density at radius 3 is 2.47 bits per heavy atom. The van der Waals surface area contributed by atoms with Gasteiger partial charge < -0.3 is 4.90 Å². The molecule has 9 nitrogen and oxygen atoms in total. The molecule has 0 unspecified atom stereocenters. The maximum atomic E-state index is 13.5. The van der Waals surface area contributed by atoms with E-state index in [1.165, 1.54) is 6.07 Å². The summed E-state index contributed by atoms with van der Waals surface area (Å²) >= 11 is 0. The lowest BCUT2D eigenvalue weighted by Gasteiger charge is -2.34. The van der Waals surface area contributed by atoms with E-state index in [9.17, 15) is 13.6 Å². The third kappa shape index (κ3) is 4.70. The van der Waals surface area contributed by atoms with Crippen molar-refractivity contribution >= 4 is 11.6 Å². The average molecular weight is 495 g/mol. The predicted octanol–water partition coefficient (Wildman–Crippen LogP) is 2.79. The fourth-order valence-corrected chi connectivity index (χ4v) is 4.70. The molecule has 1 fully saturated rings. The number of rotatable bonds is 6. The number of benzene rings is 1. The average Bonchev–Trinajstić information content (AvgIpc) is 3.38. The molecule has 4 aromatic rings. The van der Waals surface area contributed by atoms with E-state index < -0.39 is 11.6 Å². The molecule has 1 aromatic carbocycles. The van der Waals surface area contributed by atoms with E-state index in [4.69, 9.17) is 0 Å². The van der Waals surface area contributed by atoms with Crippen LogP contribution in [0.3, 0.4) is 0 Å². The summed E-state index contributed by atoms with van der Waals surface area (Å²) in [6, 6.07) is 7.70. The Bertz CT molecular complexity index is 1420. The van der Waals surface area contributed by atoms with E-state index in [0.717, 1.165) is 28.6 Å². The second kappa shape index (κ2) is 9.73. The topological polar surface area (TPSA) is 84.4 Å². The zero-order valence-corrected chi connectivity index (χ0v) is 20.6. The number of halogens is 2. The van der Waals surface area contributed by atoms with Crippen molar-refractivity contribution in [2.24, 2.45) is 0 Å². The molecule has 0 bridgehead atoms. The number of nitrogens with zero attached hydrogens (tertiary/aromatic N) is 8. The number of aryl methyl sites for hydroxylation is 2. The van der Waals surface area contributed by atoms with Crippen molar-refractivity contribution in [1.29, 1.82) is 0 Å². The molecule has 188 valence electrons. The van der Waals surface area contributed by atoms with E-state index >= 15 is 0 Å². The molecule has 5 rings (SSSR count). The van der Waals surface area contributed by atoms with Gasteiger partial charge in [0, 0.05) is 44.8 Å². The second-order valence-corrected chi connectivity index (χ2v) is 9.18. The van der Waals surface area contributed by atoms with E-state index in [0.29, 0.717) is 62.9 Å². The minimum absolute atomic E-state index is 0.105. The highest BCUT2D eigenvalue weighted by Crippen LogP contribution is 2.20. The van der Waals surface area contributed by atoms with Crippen molar-refractivity contribution in [2.75, 3.05) is 26.2 Å². The minimum Gasteiger partial charge on any atom is -0.340 e. The summed E-state index contributed by atoms with van der Waals surface area (Å²) in [6.07, 6.45) is 0.993. The molecule has 0 aliphatic carbocycles. The first-order valence-electron chi connectivity index (χ1n) is 12.0. The van der Waals surface area contributed by atoms with Crippen molar-refractivity contribution in [2.45, 2.75) is 40.2 Å². The molecule has 0 saturated carbocycles. The van der Waals surface area contributed by atoms with Crippen LogP contribution in [0.15, 0.2) is 30.3 Å². The summed E-state index contributed by atoms with van der Waals surface area (Å²) in [5, 5.41) is 17.4. The lowest BCUT2D eigenvalue weighted by atomic mass is 10.1. The van der Waals surface area contributed by atoms with Crippen LogP contribution in [0.4, 0.5) is 8.78 Å². The Balaban J connectivity index is 1.18. The van der Waals surface area contributed by atoms with Gasteiger partial charge in [0.25, 0.3) is 0 Å².